The Morgan fingerprint density at radius 2 is 1.61 bits per heavy atom. The van der Waals surface area contributed by atoms with Crippen molar-refractivity contribution in [2.75, 3.05) is 18.4 Å². The van der Waals surface area contributed by atoms with E-state index in [9.17, 15) is 9.59 Å². The molecular weight excluding hydrogens is 370 g/mol. The van der Waals surface area contributed by atoms with Crippen LogP contribution in [0.3, 0.4) is 0 Å². The molecule has 28 heavy (non-hydrogen) atoms. The summed E-state index contributed by atoms with van der Waals surface area (Å²) in [6.07, 6.45) is 1.86. The van der Waals surface area contributed by atoms with E-state index >= 15 is 0 Å². The van der Waals surface area contributed by atoms with E-state index in [-0.39, 0.29) is 16.9 Å². The minimum atomic E-state index is -0.261. The standard InChI is InChI=1S/C22H27N3O2S/c1-4-13-25(14-5-2)21(27)17-9-11-19(12-10-17)23-22(28)24-20(26)18-8-6-7-16(3)15-18/h6-12,15H,4-5,13-14H2,1-3H3,(H2,23,24,26,28). The molecule has 0 aromatic heterocycles. The minimum absolute atomic E-state index is 0.0329. The van der Waals surface area contributed by atoms with E-state index in [2.05, 4.69) is 24.5 Å². The van der Waals surface area contributed by atoms with Gasteiger partial charge in [-0.25, -0.2) is 0 Å². The monoisotopic (exact) mass is 397 g/mol. The van der Waals surface area contributed by atoms with Gasteiger partial charge in [0.25, 0.3) is 11.8 Å². The number of benzene rings is 2. The molecule has 0 aliphatic heterocycles. The van der Waals surface area contributed by atoms with E-state index in [1.165, 1.54) is 0 Å². The van der Waals surface area contributed by atoms with Crippen molar-refractivity contribution in [2.24, 2.45) is 0 Å². The van der Waals surface area contributed by atoms with Crippen LogP contribution in [-0.4, -0.2) is 34.9 Å². The van der Waals surface area contributed by atoms with Crippen LogP contribution < -0.4 is 10.6 Å². The van der Waals surface area contributed by atoms with Gasteiger partial charge in [-0.3, -0.25) is 14.9 Å². The molecule has 148 valence electrons. The van der Waals surface area contributed by atoms with Crippen molar-refractivity contribution >= 4 is 34.8 Å². The van der Waals surface area contributed by atoms with Crippen molar-refractivity contribution in [3.63, 3.8) is 0 Å². The lowest BCUT2D eigenvalue weighted by molar-refractivity contribution is 0.0755. The highest BCUT2D eigenvalue weighted by atomic mass is 32.1. The summed E-state index contributed by atoms with van der Waals surface area (Å²) in [7, 11) is 0. The first-order chi connectivity index (χ1) is 13.4. The Kier molecular flexibility index (Phi) is 8.14. The molecule has 2 N–H and O–H groups in total. The molecule has 0 unspecified atom stereocenters. The maximum absolute atomic E-state index is 12.6. The molecule has 0 atom stereocenters. The minimum Gasteiger partial charge on any atom is -0.339 e. The highest BCUT2D eigenvalue weighted by Crippen LogP contribution is 2.13. The van der Waals surface area contributed by atoms with E-state index < -0.39 is 0 Å². The molecule has 0 saturated heterocycles. The Hall–Kier alpha value is -2.73. The molecule has 0 aliphatic carbocycles. The molecule has 0 heterocycles. The second-order valence-electron chi connectivity index (χ2n) is 6.65. The summed E-state index contributed by atoms with van der Waals surface area (Å²) in [5.41, 5.74) is 2.91. The number of hydrogen-bond acceptors (Lipinski definition) is 3. The first-order valence-corrected chi connectivity index (χ1v) is 9.93. The molecule has 5 nitrogen and oxygen atoms in total. The van der Waals surface area contributed by atoms with Gasteiger partial charge in [0.1, 0.15) is 0 Å². The van der Waals surface area contributed by atoms with Gasteiger partial charge in [-0.15, -0.1) is 0 Å². The summed E-state index contributed by atoms with van der Waals surface area (Å²) >= 11 is 5.22. The van der Waals surface area contributed by atoms with E-state index in [0.717, 1.165) is 31.5 Å². The molecule has 0 saturated carbocycles. The number of carbonyl (C=O) groups is 2. The van der Waals surface area contributed by atoms with Gasteiger partial charge >= 0.3 is 0 Å². The van der Waals surface area contributed by atoms with Crippen molar-refractivity contribution in [1.29, 1.82) is 0 Å². The van der Waals surface area contributed by atoms with Gasteiger partial charge in [0.15, 0.2) is 5.11 Å². The molecule has 0 bridgehead atoms. The molecule has 2 aromatic rings. The summed E-state index contributed by atoms with van der Waals surface area (Å²) in [5.74, 6) is -0.228. The molecule has 2 aromatic carbocycles. The van der Waals surface area contributed by atoms with Crippen molar-refractivity contribution < 1.29 is 9.59 Å². The SMILES string of the molecule is CCCN(CCC)C(=O)c1ccc(NC(=S)NC(=O)c2cccc(C)c2)cc1. The van der Waals surface area contributed by atoms with Crippen LogP contribution in [0, 0.1) is 6.92 Å². The number of anilines is 1. The summed E-state index contributed by atoms with van der Waals surface area (Å²) < 4.78 is 0. The van der Waals surface area contributed by atoms with Crippen LogP contribution in [0.15, 0.2) is 48.5 Å². The van der Waals surface area contributed by atoms with Crippen molar-refractivity contribution in [3.05, 3.63) is 65.2 Å². The summed E-state index contributed by atoms with van der Waals surface area (Å²) in [4.78, 5) is 26.7. The van der Waals surface area contributed by atoms with E-state index in [4.69, 9.17) is 12.2 Å². The quantitative estimate of drug-likeness (QED) is 0.681. The van der Waals surface area contributed by atoms with Crippen molar-refractivity contribution in [2.45, 2.75) is 33.6 Å². The number of rotatable bonds is 7. The molecular formula is C22H27N3O2S. The van der Waals surface area contributed by atoms with Crippen molar-refractivity contribution in [1.82, 2.24) is 10.2 Å². The topological polar surface area (TPSA) is 61.4 Å². The number of amides is 2. The zero-order chi connectivity index (χ0) is 20.5. The van der Waals surface area contributed by atoms with Gasteiger partial charge in [0, 0.05) is 29.9 Å². The third-order valence-electron chi connectivity index (χ3n) is 4.17. The van der Waals surface area contributed by atoms with Gasteiger partial charge in [-0.2, -0.15) is 0 Å². The molecule has 6 heteroatoms. The maximum atomic E-state index is 12.6. The fraction of sp³-hybridized carbons (Fsp3) is 0.318. The Morgan fingerprint density at radius 3 is 2.18 bits per heavy atom. The van der Waals surface area contributed by atoms with Crippen LogP contribution in [0.5, 0.6) is 0 Å². The zero-order valence-corrected chi connectivity index (χ0v) is 17.4. The number of nitrogens with one attached hydrogen (secondary N) is 2. The van der Waals surface area contributed by atoms with Gasteiger partial charge in [0.2, 0.25) is 0 Å². The normalized spacial score (nSPS) is 10.2. The second-order valence-corrected chi connectivity index (χ2v) is 7.06. The zero-order valence-electron chi connectivity index (χ0n) is 16.6. The van der Waals surface area contributed by atoms with Crippen LogP contribution >= 0.6 is 12.2 Å². The third-order valence-corrected chi connectivity index (χ3v) is 4.38. The molecule has 0 fully saturated rings. The molecule has 0 spiro atoms. The largest absolute Gasteiger partial charge is 0.339 e. The summed E-state index contributed by atoms with van der Waals surface area (Å²) in [6, 6.07) is 14.4. The molecule has 0 radical (unpaired) electrons. The average Bonchev–Trinajstić information content (AvgIpc) is 2.67. The molecule has 0 aliphatic rings. The summed E-state index contributed by atoms with van der Waals surface area (Å²) in [6.45, 7) is 7.56. The van der Waals surface area contributed by atoms with E-state index in [1.807, 2.05) is 24.0 Å². The Balaban J connectivity index is 1.96. The van der Waals surface area contributed by atoms with Gasteiger partial charge < -0.3 is 10.2 Å². The Bertz CT molecular complexity index is 828. The predicted octanol–water partition coefficient (Wildman–Crippen LogP) is 4.38. The number of hydrogen-bond donors (Lipinski definition) is 2. The van der Waals surface area contributed by atoms with Gasteiger partial charge in [-0.1, -0.05) is 31.5 Å². The molecule has 2 amide bonds. The van der Waals surface area contributed by atoms with E-state index in [0.29, 0.717) is 16.8 Å². The number of thiocarbonyl (C=S) groups is 1. The Labute approximate surface area is 172 Å². The van der Waals surface area contributed by atoms with Gasteiger partial charge in [-0.05, 0) is 68.4 Å². The van der Waals surface area contributed by atoms with Crippen LogP contribution in [0.25, 0.3) is 0 Å². The van der Waals surface area contributed by atoms with Crippen LogP contribution in [-0.2, 0) is 0 Å². The molecule has 2 rings (SSSR count). The smallest absolute Gasteiger partial charge is 0.257 e. The number of nitrogens with zero attached hydrogens (tertiary/aromatic N) is 1. The predicted molar refractivity (Wildman–Crippen MR) is 118 cm³/mol. The lowest BCUT2D eigenvalue weighted by atomic mass is 10.1. The first-order valence-electron chi connectivity index (χ1n) is 9.53. The number of carbonyl (C=O) groups excluding carboxylic acids is 2. The van der Waals surface area contributed by atoms with Crippen LogP contribution in [0.2, 0.25) is 0 Å². The first kappa shape index (κ1) is 21.6. The summed E-state index contributed by atoms with van der Waals surface area (Å²) in [5, 5.41) is 5.86. The van der Waals surface area contributed by atoms with Crippen molar-refractivity contribution in [3.8, 4) is 0 Å². The fourth-order valence-electron chi connectivity index (χ4n) is 2.86. The maximum Gasteiger partial charge on any atom is 0.257 e. The third kappa shape index (κ3) is 6.16. The second kappa shape index (κ2) is 10.6. The highest BCUT2D eigenvalue weighted by molar-refractivity contribution is 7.80. The highest BCUT2D eigenvalue weighted by Gasteiger charge is 2.14. The Morgan fingerprint density at radius 1 is 0.964 bits per heavy atom. The van der Waals surface area contributed by atoms with Crippen LogP contribution in [0.4, 0.5) is 5.69 Å². The van der Waals surface area contributed by atoms with Gasteiger partial charge in [0.05, 0.1) is 0 Å². The fourth-order valence-corrected chi connectivity index (χ4v) is 3.07. The lowest BCUT2D eigenvalue weighted by Gasteiger charge is -2.21. The lowest BCUT2D eigenvalue weighted by Crippen LogP contribution is -2.34. The van der Waals surface area contributed by atoms with E-state index in [1.54, 1.807) is 36.4 Å². The average molecular weight is 398 g/mol. The van der Waals surface area contributed by atoms with Crippen LogP contribution in [0.1, 0.15) is 53.0 Å². The number of aryl methyl sites for hydroxylation is 1.